The summed E-state index contributed by atoms with van der Waals surface area (Å²) in [5, 5.41) is 2.80. The lowest BCUT2D eigenvalue weighted by molar-refractivity contribution is -0.133. The van der Waals surface area contributed by atoms with E-state index in [0.29, 0.717) is 24.5 Å². The summed E-state index contributed by atoms with van der Waals surface area (Å²) in [4.78, 5) is 25.2. The van der Waals surface area contributed by atoms with Crippen molar-refractivity contribution in [1.29, 1.82) is 0 Å². The molecule has 0 saturated heterocycles. The molecule has 0 aliphatic carbocycles. The van der Waals surface area contributed by atoms with Gasteiger partial charge in [0.25, 0.3) is 5.91 Å². The Bertz CT molecular complexity index is 482. The number of nitrogens with zero attached hydrogens (tertiary/aromatic N) is 1. The van der Waals surface area contributed by atoms with Gasteiger partial charge in [0.15, 0.2) is 6.61 Å². The average Bonchev–Trinajstić information content (AvgIpc) is 2.46. The standard InChI is InChI=1S/C16H24N2O3/c1-5-18(6-2)15(19)11-21-14-9-7-8-13(10-14)17-16(20)12(3)4/h7-10,12H,5-6,11H2,1-4H3,(H,17,20). The summed E-state index contributed by atoms with van der Waals surface area (Å²) in [5.74, 6) is 0.388. The Kier molecular flexibility index (Phi) is 6.72. The molecule has 1 aromatic rings. The lowest BCUT2D eigenvalue weighted by Gasteiger charge is -2.18. The lowest BCUT2D eigenvalue weighted by atomic mass is 10.2. The molecule has 0 saturated carbocycles. The third kappa shape index (κ3) is 5.45. The second kappa shape index (κ2) is 8.29. The van der Waals surface area contributed by atoms with Crippen LogP contribution in [-0.2, 0) is 9.59 Å². The first-order chi connectivity index (χ1) is 9.97. The Morgan fingerprint density at radius 1 is 1.24 bits per heavy atom. The highest BCUT2D eigenvalue weighted by atomic mass is 16.5. The molecule has 0 radical (unpaired) electrons. The number of hydrogen-bond acceptors (Lipinski definition) is 3. The van der Waals surface area contributed by atoms with E-state index >= 15 is 0 Å². The third-order valence-corrected chi connectivity index (χ3v) is 3.10. The molecular weight excluding hydrogens is 268 g/mol. The van der Waals surface area contributed by atoms with Crippen LogP contribution in [0.4, 0.5) is 5.69 Å². The van der Waals surface area contributed by atoms with Crippen molar-refractivity contribution in [3.05, 3.63) is 24.3 Å². The molecule has 0 aliphatic rings. The van der Waals surface area contributed by atoms with Crippen LogP contribution in [0.15, 0.2) is 24.3 Å². The Morgan fingerprint density at radius 2 is 1.90 bits per heavy atom. The van der Waals surface area contributed by atoms with Gasteiger partial charge in [-0.25, -0.2) is 0 Å². The van der Waals surface area contributed by atoms with E-state index in [9.17, 15) is 9.59 Å². The maximum absolute atomic E-state index is 11.9. The number of rotatable bonds is 7. The number of benzene rings is 1. The smallest absolute Gasteiger partial charge is 0.260 e. The maximum atomic E-state index is 11.9. The van der Waals surface area contributed by atoms with Crippen molar-refractivity contribution in [2.45, 2.75) is 27.7 Å². The van der Waals surface area contributed by atoms with Crippen LogP contribution in [0, 0.1) is 5.92 Å². The summed E-state index contributed by atoms with van der Waals surface area (Å²) >= 11 is 0. The summed E-state index contributed by atoms with van der Waals surface area (Å²) < 4.78 is 5.49. The Morgan fingerprint density at radius 3 is 2.48 bits per heavy atom. The van der Waals surface area contributed by atoms with E-state index in [-0.39, 0.29) is 24.3 Å². The van der Waals surface area contributed by atoms with Gasteiger partial charge in [0, 0.05) is 30.8 Å². The van der Waals surface area contributed by atoms with Gasteiger partial charge in [-0.15, -0.1) is 0 Å². The van der Waals surface area contributed by atoms with Gasteiger partial charge in [-0.1, -0.05) is 19.9 Å². The highest BCUT2D eigenvalue weighted by molar-refractivity contribution is 5.92. The van der Waals surface area contributed by atoms with Gasteiger partial charge in [-0.2, -0.15) is 0 Å². The molecule has 5 heteroatoms. The molecule has 0 aliphatic heterocycles. The minimum Gasteiger partial charge on any atom is -0.484 e. The molecule has 1 rings (SSSR count). The van der Waals surface area contributed by atoms with Crippen LogP contribution in [0.1, 0.15) is 27.7 Å². The fourth-order valence-electron chi connectivity index (χ4n) is 1.76. The number of amides is 2. The molecule has 0 bridgehead atoms. The van der Waals surface area contributed by atoms with Crippen molar-refractivity contribution >= 4 is 17.5 Å². The number of anilines is 1. The largest absolute Gasteiger partial charge is 0.484 e. The van der Waals surface area contributed by atoms with E-state index in [1.54, 1.807) is 29.2 Å². The van der Waals surface area contributed by atoms with Crippen molar-refractivity contribution in [3.63, 3.8) is 0 Å². The van der Waals surface area contributed by atoms with Crippen LogP contribution in [0.5, 0.6) is 5.75 Å². The number of likely N-dealkylation sites (N-methyl/N-ethyl adjacent to an activating group) is 1. The van der Waals surface area contributed by atoms with Gasteiger partial charge in [-0.3, -0.25) is 9.59 Å². The van der Waals surface area contributed by atoms with Crippen LogP contribution in [0.2, 0.25) is 0 Å². The summed E-state index contributed by atoms with van der Waals surface area (Å²) in [7, 11) is 0. The first-order valence-corrected chi connectivity index (χ1v) is 7.29. The topological polar surface area (TPSA) is 58.6 Å². The second-order valence-electron chi connectivity index (χ2n) is 5.03. The van der Waals surface area contributed by atoms with E-state index in [1.165, 1.54) is 0 Å². The van der Waals surface area contributed by atoms with Gasteiger partial charge >= 0.3 is 0 Å². The van der Waals surface area contributed by atoms with Gasteiger partial charge in [0.1, 0.15) is 5.75 Å². The van der Waals surface area contributed by atoms with Crippen molar-refractivity contribution in [2.75, 3.05) is 25.0 Å². The number of ether oxygens (including phenoxy) is 1. The second-order valence-corrected chi connectivity index (χ2v) is 5.03. The van der Waals surface area contributed by atoms with E-state index in [2.05, 4.69) is 5.32 Å². The first-order valence-electron chi connectivity index (χ1n) is 7.29. The minimum atomic E-state index is -0.0844. The van der Waals surface area contributed by atoms with Gasteiger partial charge in [0.05, 0.1) is 0 Å². The highest BCUT2D eigenvalue weighted by Gasteiger charge is 2.11. The fourth-order valence-corrected chi connectivity index (χ4v) is 1.76. The van der Waals surface area contributed by atoms with Crippen LogP contribution in [-0.4, -0.2) is 36.4 Å². The summed E-state index contributed by atoms with van der Waals surface area (Å²) in [5.41, 5.74) is 0.668. The molecular formula is C16H24N2O3. The van der Waals surface area contributed by atoms with E-state index in [1.807, 2.05) is 27.7 Å². The fraction of sp³-hybridized carbons (Fsp3) is 0.500. The predicted molar refractivity (Wildman–Crippen MR) is 83.3 cm³/mol. The summed E-state index contributed by atoms with van der Waals surface area (Å²) in [6.07, 6.45) is 0. The van der Waals surface area contributed by atoms with Crippen LogP contribution >= 0.6 is 0 Å². The van der Waals surface area contributed by atoms with Gasteiger partial charge in [-0.05, 0) is 26.0 Å². The third-order valence-electron chi connectivity index (χ3n) is 3.10. The van der Waals surface area contributed by atoms with E-state index in [4.69, 9.17) is 4.74 Å². The molecule has 116 valence electrons. The first kappa shape index (κ1) is 17.0. The number of hydrogen-bond donors (Lipinski definition) is 1. The quantitative estimate of drug-likeness (QED) is 0.840. The number of carbonyl (C=O) groups is 2. The minimum absolute atomic E-state index is 0.00323. The predicted octanol–water partition coefficient (Wildman–Crippen LogP) is 2.53. The Hall–Kier alpha value is -2.04. The summed E-state index contributed by atoms with van der Waals surface area (Å²) in [6.45, 7) is 8.87. The summed E-state index contributed by atoms with van der Waals surface area (Å²) in [6, 6.07) is 7.06. The highest BCUT2D eigenvalue weighted by Crippen LogP contribution is 2.18. The molecule has 0 unspecified atom stereocenters. The molecule has 0 atom stereocenters. The van der Waals surface area contributed by atoms with Gasteiger partial charge < -0.3 is 15.0 Å². The zero-order chi connectivity index (χ0) is 15.8. The zero-order valence-corrected chi connectivity index (χ0v) is 13.2. The Labute approximate surface area is 126 Å². The van der Waals surface area contributed by atoms with E-state index < -0.39 is 0 Å². The SMILES string of the molecule is CCN(CC)C(=O)COc1cccc(NC(=O)C(C)C)c1. The molecule has 21 heavy (non-hydrogen) atoms. The molecule has 2 amide bonds. The number of carbonyl (C=O) groups excluding carboxylic acids is 2. The molecule has 0 fully saturated rings. The van der Waals surface area contributed by atoms with Gasteiger partial charge in [0.2, 0.25) is 5.91 Å². The molecule has 0 heterocycles. The van der Waals surface area contributed by atoms with Crippen molar-refractivity contribution in [2.24, 2.45) is 5.92 Å². The normalized spacial score (nSPS) is 10.3. The van der Waals surface area contributed by atoms with Crippen molar-refractivity contribution < 1.29 is 14.3 Å². The average molecular weight is 292 g/mol. The zero-order valence-electron chi connectivity index (χ0n) is 13.2. The number of nitrogens with one attached hydrogen (secondary N) is 1. The van der Waals surface area contributed by atoms with Crippen LogP contribution in [0.25, 0.3) is 0 Å². The van der Waals surface area contributed by atoms with Crippen LogP contribution < -0.4 is 10.1 Å². The van der Waals surface area contributed by atoms with Crippen molar-refractivity contribution in [1.82, 2.24) is 4.90 Å². The Balaban J connectivity index is 2.61. The molecule has 1 aromatic carbocycles. The molecule has 1 N–H and O–H groups in total. The lowest BCUT2D eigenvalue weighted by Crippen LogP contribution is -2.34. The maximum Gasteiger partial charge on any atom is 0.260 e. The molecule has 0 spiro atoms. The van der Waals surface area contributed by atoms with E-state index in [0.717, 1.165) is 0 Å². The molecule has 0 aromatic heterocycles. The molecule has 5 nitrogen and oxygen atoms in total. The monoisotopic (exact) mass is 292 g/mol. The van der Waals surface area contributed by atoms with Crippen molar-refractivity contribution in [3.8, 4) is 5.75 Å². The van der Waals surface area contributed by atoms with Crippen LogP contribution in [0.3, 0.4) is 0 Å².